The van der Waals surface area contributed by atoms with Gasteiger partial charge in [0.15, 0.2) is 10.3 Å². The first-order valence-corrected chi connectivity index (χ1v) is 10.4. The number of esters is 1. The minimum atomic E-state index is -0.342. The number of aromatic nitrogens is 3. The second kappa shape index (κ2) is 8.03. The summed E-state index contributed by atoms with van der Waals surface area (Å²) >= 11 is 2.71. The Bertz CT molecular complexity index is 1000. The van der Waals surface area contributed by atoms with E-state index in [0.717, 1.165) is 17.0 Å². The lowest BCUT2D eigenvalue weighted by molar-refractivity contribution is -0.145. The maximum atomic E-state index is 12.5. The summed E-state index contributed by atoms with van der Waals surface area (Å²) in [5.41, 5.74) is 1.01. The number of rotatable bonds is 6. The molecule has 0 radical (unpaired) electrons. The molecule has 144 valence electrons. The first-order valence-electron chi connectivity index (χ1n) is 8.75. The maximum absolute atomic E-state index is 12.5. The summed E-state index contributed by atoms with van der Waals surface area (Å²) < 4.78 is 5.11. The van der Waals surface area contributed by atoms with Crippen molar-refractivity contribution in [3.8, 4) is 0 Å². The Labute approximate surface area is 169 Å². The molecule has 0 saturated carbocycles. The van der Waals surface area contributed by atoms with Gasteiger partial charge in [0, 0.05) is 16.5 Å². The van der Waals surface area contributed by atoms with Gasteiger partial charge in [0.2, 0.25) is 0 Å². The van der Waals surface area contributed by atoms with Gasteiger partial charge in [0.05, 0.1) is 12.3 Å². The van der Waals surface area contributed by atoms with Gasteiger partial charge in [-0.15, -0.1) is 22.7 Å². The number of hydrogen-bond acceptors (Lipinski definition) is 9. The molecule has 1 aliphatic rings. The largest absolute Gasteiger partial charge is 0.465 e. The Hall–Kier alpha value is -2.85. The molecule has 1 atom stereocenters. The quantitative estimate of drug-likeness (QED) is 0.593. The number of amides is 1. The van der Waals surface area contributed by atoms with Crippen LogP contribution in [0.4, 0.5) is 16.1 Å². The number of carbonyl (C=O) groups is 2. The minimum absolute atomic E-state index is 0.255. The van der Waals surface area contributed by atoms with Gasteiger partial charge in [-0.3, -0.25) is 14.9 Å². The van der Waals surface area contributed by atoms with Gasteiger partial charge in [-0.05, 0) is 31.9 Å². The van der Waals surface area contributed by atoms with Gasteiger partial charge in [0.25, 0.3) is 5.91 Å². The fourth-order valence-corrected chi connectivity index (χ4v) is 4.63. The Kier molecular flexibility index (Phi) is 5.31. The van der Waals surface area contributed by atoms with E-state index in [4.69, 9.17) is 4.74 Å². The van der Waals surface area contributed by atoms with Crippen molar-refractivity contribution in [2.45, 2.75) is 25.7 Å². The Balaban J connectivity index is 1.42. The van der Waals surface area contributed by atoms with Crippen LogP contribution in [0.15, 0.2) is 29.8 Å². The number of nitrogens with zero attached hydrogens (tertiary/aromatic N) is 3. The third kappa shape index (κ3) is 3.87. The highest BCUT2D eigenvalue weighted by atomic mass is 32.1. The summed E-state index contributed by atoms with van der Waals surface area (Å²) in [6.45, 7) is 2.13. The van der Waals surface area contributed by atoms with Crippen LogP contribution < -0.4 is 10.6 Å². The molecule has 2 N–H and O–H groups in total. The molecule has 28 heavy (non-hydrogen) atoms. The van der Waals surface area contributed by atoms with E-state index in [-0.39, 0.29) is 17.8 Å². The molecule has 0 saturated heterocycles. The van der Waals surface area contributed by atoms with E-state index in [1.54, 1.807) is 18.5 Å². The van der Waals surface area contributed by atoms with Crippen molar-refractivity contribution in [3.63, 3.8) is 0 Å². The van der Waals surface area contributed by atoms with E-state index in [1.807, 2.05) is 18.2 Å². The van der Waals surface area contributed by atoms with Crippen LogP contribution >= 0.6 is 22.7 Å². The third-order valence-corrected chi connectivity index (χ3v) is 5.95. The highest BCUT2D eigenvalue weighted by Gasteiger charge is 2.33. The van der Waals surface area contributed by atoms with Crippen LogP contribution in [0.2, 0.25) is 0 Å². The number of thiazole rings is 2. The molecule has 0 fully saturated rings. The first-order chi connectivity index (χ1) is 13.6. The molecule has 0 bridgehead atoms. The molecule has 0 aromatic carbocycles. The van der Waals surface area contributed by atoms with Crippen molar-refractivity contribution in [3.05, 3.63) is 46.0 Å². The van der Waals surface area contributed by atoms with Crippen molar-refractivity contribution >= 4 is 50.6 Å². The van der Waals surface area contributed by atoms with Crippen molar-refractivity contribution < 1.29 is 14.3 Å². The number of nitrogens with one attached hydrogen (secondary N) is 2. The molecule has 3 heterocycles. The molecular weight excluding hydrogens is 398 g/mol. The van der Waals surface area contributed by atoms with E-state index in [0.29, 0.717) is 34.8 Å². The smallest absolute Gasteiger partial charge is 0.315 e. The normalized spacial score (nSPS) is 15.1. The summed E-state index contributed by atoms with van der Waals surface area (Å²) in [6.07, 6.45) is 3.14. The summed E-state index contributed by atoms with van der Waals surface area (Å²) in [5, 5.41) is 8.55. The Morgan fingerprint density at radius 3 is 2.96 bits per heavy atom. The zero-order valence-corrected chi connectivity index (χ0v) is 16.6. The predicted octanol–water partition coefficient (Wildman–Crippen LogP) is 3.58. The van der Waals surface area contributed by atoms with Crippen LogP contribution in [0.3, 0.4) is 0 Å². The van der Waals surface area contributed by atoms with Crippen molar-refractivity contribution in [1.29, 1.82) is 0 Å². The SMILES string of the molecule is CCOC(=O)C1CCc2sc(NC(=O)c3csc(Nc4ccccn4)n3)nc21. The molecule has 4 rings (SSSR count). The molecule has 8 nitrogen and oxygen atoms in total. The number of fused-ring (bicyclic) bond motifs is 1. The summed E-state index contributed by atoms with van der Waals surface area (Å²) in [5.74, 6) is -0.282. The van der Waals surface area contributed by atoms with Crippen LogP contribution in [-0.4, -0.2) is 33.4 Å². The van der Waals surface area contributed by atoms with Gasteiger partial charge < -0.3 is 10.1 Å². The van der Waals surface area contributed by atoms with Crippen LogP contribution in [0.1, 0.15) is 40.3 Å². The van der Waals surface area contributed by atoms with Gasteiger partial charge >= 0.3 is 5.97 Å². The maximum Gasteiger partial charge on any atom is 0.315 e. The topological polar surface area (TPSA) is 106 Å². The summed E-state index contributed by atoms with van der Waals surface area (Å²) in [4.78, 5) is 38.5. The van der Waals surface area contributed by atoms with Crippen LogP contribution in [0, 0.1) is 0 Å². The zero-order chi connectivity index (χ0) is 19.5. The third-order valence-electron chi connectivity index (χ3n) is 4.15. The fraction of sp³-hybridized carbons (Fsp3) is 0.278. The zero-order valence-electron chi connectivity index (χ0n) is 15.0. The van der Waals surface area contributed by atoms with Crippen LogP contribution in [-0.2, 0) is 16.0 Å². The monoisotopic (exact) mass is 415 g/mol. The van der Waals surface area contributed by atoms with Crippen molar-refractivity contribution in [2.24, 2.45) is 0 Å². The van der Waals surface area contributed by atoms with Gasteiger partial charge in [-0.25, -0.2) is 15.0 Å². The van der Waals surface area contributed by atoms with Crippen LogP contribution in [0.5, 0.6) is 0 Å². The van der Waals surface area contributed by atoms with E-state index >= 15 is 0 Å². The van der Waals surface area contributed by atoms with E-state index in [9.17, 15) is 9.59 Å². The van der Waals surface area contributed by atoms with Gasteiger partial charge in [-0.2, -0.15) is 0 Å². The van der Waals surface area contributed by atoms with E-state index < -0.39 is 0 Å². The van der Waals surface area contributed by atoms with Gasteiger partial charge in [0.1, 0.15) is 17.4 Å². The summed E-state index contributed by atoms with van der Waals surface area (Å²) in [7, 11) is 0. The highest BCUT2D eigenvalue weighted by Crippen LogP contribution is 2.39. The van der Waals surface area contributed by atoms with Crippen molar-refractivity contribution in [2.75, 3.05) is 17.2 Å². The van der Waals surface area contributed by atoms with Crippen LogP contribution in [0.25, 0.3) is 0 Å². The van der Waals surface area contributed by atoms with E-state index in [2.05, 4.69) is 25.6 Å². The van der Waals surface area contributed by atoms with E-state index in [1.165, 1.54) is 22.7 Å². The Morgan fingerprint density at radius 1 is 1.29 bits per heavy atom. The molecule has 1 aliphatic carbocycles. The molecule has 0 aliphatic heterocycles. The fourth-order valence-electron chi connectivity index (χ4n) is 2.90. The molecular formula is C18H17N5O3S2. The molecule has 1 unspecified atom stereocenters. The molecule has 0 spiro atoms. The second-order valence-corrected chi connectivity index (χ2v) is 7.94. The van der Waals surface area contributed by atoms with Crippen molar-refractivity contribution in [1.82, 2.24) is 15.0 Å². The molecule has 1 amide bonds. The lowest BCUT2D eigenvalue weighted by Gasteiger charge is -2.07. The second-order valence-electron chi connectivity index (χ2n) is 6.00. The van der Waals surface area contributed by atoms with Gasteiger partial charge in [-0.1, -0.05) is 6.07 Å². The molecule has 3 aromatic heterocycles. The number of carbonyl (C=O) groups excluding carboxylic acids is 2. The minimum Gasteiger partial charge on any atom is -0.465 e. The lowest BCUT2D eigenvalue weighted by Crippen LogP contribution is -2.15. The average Bonchev–Trinajstić information content (AvgIpc) is 3.38. The average molecular weight is 416 g/mol. The summed E-state index contributed by atoms with van der Waals surface area (Å²) in [6, 6.07) is 5.50. The Morgan fingerprint density at radius 2 is 2.18 bits per heavy atom. The standard InChI is InChI=1S/C18H17N5O3S2/c1-2-26-16(25)10-6-7-12-14(10)22-18(28-12)23-15(24)11-9-27-17(20-11)21-13-5-3-4-8-19-13/h3-5,8-10H,2,6-7H2,1H3,(H,19,20,21)(H,22,23,24). The number of anilines is 3. The highest BCUT2D eigenvalue weighted by molar-refractivity contribution is 7.16. The lowest BCUT2D eigenvalue weighted by atomic mass is 10.1. The number of pyridine rings is 1. The number of aryl methyl sites for hydroxylation is 1. The molecule has 3 aromatic rings. The first kappa shape index (κ1) is 18.5. The molecule has 10 heteroatoms. The predicted molar refractivity (Wildman–Crippen MR) is 107 cm³/mol. The number of ether oxygens (including phenoxy) is 1. The number of hydrogen-bond donors (Lipinski definition) is 2.